The highest BCUT2D eigenvalue weighted by atomic mass is 16.2. The molecule has 0 radical (unpaired) electrons. The van der Waals surface area contributed by atoms with Crippen molar-refractivity contribution < 1.29 is 9.59 Å². The Balaban J connectivity index is 2.27. The number of carbonyl (C=O) groups is 2. The third kappa shape index (κ3) is 3.69. The molecule has 2 N–H and O–H groups in total. The van der Waals surface area contributed by atoms with Gasteiger partial charge < -0.3 is 10.6 Å². The average molecular weight is 312 g/mol. The largest absolute Gasteiger partial charge is 0.338 e. The van der Waals surface area contributed by atoms with Crippen LogP contribution in [0.3, 0.4) is 0 Å². The molecule has 1 unspecified atom stereocenters. The van der Waals surface area contributed by atoms with Crippen LogP contribution in [0, 0.1) is 11.3 Å². The van der Waals surface area contributed by atoms with Gasteiger partial charge in [-0.15, -0.1) is 0 Å². The molecule has 6 nitrogen and oxygen atoms in total. The van der Waals surface area contributed by atoms with E-state index < -0.39 is 18.1 Å². The predicted octanol–water partition coefficient (Wildman–Crippen LogP) is 2.54. The van der Waals surface area contributed by atoms with E-state index >= 15 is 0 Å². The molecule has 1 aromatic rings. The van der Waals surface area contributed by atoms with Crippen molar-refractivity contribution in [3.8, 4) is 6.07 Å². The first kappa shape index (κ1) is 16.6. The molecule has 0 aromatic heterocycles. The van der Waals surface area contributed by atoms with Gasteiger partial charge in [-0.25, -0.2) is 14.5 Å². The fraction of sp³-hybridized carbons (Fsp3) is 0.353. The maximum Gasteiger partial charge on any atom is 0.330 e. The molecule has 0 saturated heterocycles. The van der Waals surface area contributed by atoms with Gasteiger partial charge in [0.2, 0.25) is 0 Å². The molecule has 0 saturated carbocycles. The Morgan fingerprint density at radius 1 is 1.39 bits per heavy atom. The first-order chi connectivity index (χ1) is 11.1. The van der Waals surface area contributed by atoms with E-state index in [-0.39, 0.29) is 0 Å². The van der Waals surface area contributed by atoms with E-state index in [0.29, 0.717) is 30.7 Å². The number of rotatable bonds is 4. The summed E-state index contributed by atoms with van der Waals surface area (Å²) in [5, 5.41) is 14.6. The fourth-order valence-corrected chi connectivity index (χ4v) is 2.66. The summed E-state index contributed by atoms with van der Waals surface area (Å²) in [6, 6.07) is 10.4. The van der Waals surface area contributed by atoms with Gasteiger partial charge in [-0.2, -0.15) is 5.26 Å². The summed E-state index contributed by atoms with van der Waals surface area (Å²) in [5.74, 6) is 0. The lowest BCUT2D eigenvalue weighted by atomic mass is 9.95. The lowest BCUT2D eigenvalue weighted by Gasteiger charge is -2.34. The summed E-state index contributed by atoms with van der Waals surface area (Å²) < 4.78 is 0. The second-order valence-corrected chi connectivity index (χ2v) is 5.33. The molecule has 120 valence electrons. The summed E-state index contributed by atoms with van der Waals surface area (Å²) >= 11 is 0. The molecule has 1 aliphatic rings. The standard InChI is InChI=1S/C17H20N4O2/c1-3-19-16(22)21-15(10-9-13-7-5-4-6-8-13)14(11-18)12(2)20-17(21)23/h4-8,15H,3,9-10H2,1-2H3,(H,19,22)(H,20,23). The van der Waals surface area contributed by atoms with Crippen LogP contribution < -0.4 is 10.6 Å². The van der Waals surface area contributed by atoms with Gasteiger partial charge in [-0.05, 0) is 32.3 Å². The van der Waals surface area contributed by atoms with E-state index in [9.17, 15) is 14.9 Å². The Bertz CT molecular complexity index is 661. The normalized spacial score (nSPS) is 17.5. The van der Waals surface area contributed by atoms with Crippen molar-refractivity contribution in [3.63, 3.8) is 0 Å². The number of hydrogen-bond acceptors (Lipinski definition) is 3. The second kappa shape index (κ2) is 7.45. The zero-order valence-corrected chi connectivity index (χ0v) is 13.3. The lowest BCUT2D eigenvalue weighted by molar-refractivity contribution is 0.171. The van der Waals surface area contributed by atoms with Crippen LogP contribution in [0.25, 0.3) is 0 Å². The van der Waals surface area contributed by atoms with Gasteiger partial charge in [-0.1, -0.05) is 30.3 Å². The number of nitrogens with zero attached hydrogens (tertiary/aromatic N) is 2. The maximum atomic E-state index is 12.2. The highest BCUT2D eigenvalue weighted by Gasteiger charge is 2.37. The zero-order chi connectivity index (χ0) is 16.8. The average Bonchev–Trinajstić information content (AvgIpc) is 2.53. The third-order valence-corrected chi connectivity index (χ3v) is 3.78. The van der Waals surface area contributed by atoms with E-state index in [1.54, 1.807) is 13.8 Å². The number of carbonyl (C=O) groups excluding carboxylic acids is 2. The molecule has 4 amide bonds. The molecule has 0 spiro atoms. The molecule has 1 aliphatic heterocycles. The number of amides is 4. The second-order valence-electron chi connectivity index (χ2n) is 5.33. The van der Waals surface area contributed by atoms with Crippen molar-refractivity contribution >= 4 is 12.1 Å². The summed E-state index contributed by atoms with van der Waals surface area (Å²) in [4.78, 5) is 25.5. The minimum atomic E-state index is -0.555. The molecular formula is C17H20N4O2. The molecule has 2 rings (SSSR count). The summed E-state index contributed by atoms with van der Waals surface area (Å²) in [6.45, 7) is 3.88. The Morgan fingerprint density at radius 2 is 2.09 bits per heavy atom. The summed E-state index contributed by atoms with van der Waals surface area (Å²) in [7, 11) is 0. The van der Waals surface area contributed by atoms with Crippen molar-refractivity contribution in [2.24, 2.45) is 0 Å². The van der Waals surface area contributed by atoms with E-state index in [4.69, 9.17) is 0 Å². The zero-order valence-electron chi connectivity index (χ0n) is 13.3. The van der Waals surface area contributed by atoms with E-state index in [1.165, 1.54) is 0 Å². The highest BCUT2D eigenvalue weighted by molar-refractivity contribution is 5.96. The number of benzene rings is 1. The van der Waals surface area contributed by atoms with Crippen molar-refractivity contribution in [1.29, 1.82) is 5.26 Å². The molecular weight excluding hydrogens is 292 g/mol. The van der Waals surface area contributed by atoms with Gasteiger partial charge in [0, 0.05) is 12.2 Å². The monoisotopic (exact) mass is 312 g/mol. The minimum Gasteiger partial charge on any atom is -0.338 e. The van der Waals surface area contributed by atoms with Gasteiger partial charge >= 0.3 is 12.1 Å². The maximum absolute atomic E-state index is 12.2. The Labute approximate surface area is 135 Å². The highest BCUT2D eigenvalue weighted by Crippen LogP contribution is 2.23. The molecule has 6 heteroatoms. The number of hydrogen-bond donors (Lipinski definition) is 2. The SMILES string of the molecule is CCNC(=O)N1C(=O)NC(C)=C(C#N)C1CCc1ccccc1. The van der Waals surface area contributed by atoms with Crippen LogP contribution in [0.5, 0.6) is 0 Å². The number of aryl methyl sites for hydroxylation is 1. The molecule has 0 aliphatic carbocycles. The van der Waals surface area contributed by atoms with Crippen LogP contribution in [0.15, 0.2) is 41.6 Å². The third-order valence-electron chi connectivity index (χ3n) is 3.78. The Kier molecular flexibility index (Phi) is 5.36. The first-order valence-electron chi connectivity index (χ1n) is 7.61. The van der Waals surface area contributed by atoms with Crippen LogP contribution >= 0.6 is 0 Å². The number of nitrogens with one attached hydrogen (secondary N) is 2. The molecule has 23 heavy (non-hydrogen) atoms. The van der Waals surface area contributed by atoms with E-state index in [1.807, 2.05) is 30.3 Å². The van der Waals surface area contributed by atoms with E-state index in [0.717, 1.165) is 10.5 Å². The van der Waals surface area contributed by atoms with Crippen LogP contribution in [0.4, 0.5) is 9.59 Å². The Hall–Kier alpha value is -2.81. The van der Waals surface area contributed by atoms with Gasteiger partial charge in [0.25, 0.3) is 0 Å². The van der Waals surface area contributed by atoms with Gasteiger partial charge in [0.05, 0.1) is 17.7 Å². The van der Waals surface area contributed by atoms with Crippen molar-refractivity contribution in [2.75, 3.05) is 6.54 Å². The fourth-order valence-electron chi connectivity index (χ4n) is 2.66. The van der Waals surface area contributed by atoms with Crippen LogP contribution in [0.2, 0.25) is 0 Å². The number of allylic oxidation sites excluding steroid dienone is 1. The van der Waals surface area contributed by atoms with Gasteiger partial charge in [-0.3, -0.25) is 0 Å². The molecule has 0 bridgehead atoms. The summed E-state index contributed by atoms with van der Waals surface area (Å²) in [6.07, 6.45) is 1.18. The minimum absolute atomic E-state index is 0.415. The van der Waals surface area contributed by atoms with E-state index in [2.05, 4.69) is 16.7 Å². The molecule has 0 fully saturated rings. The quantitative estimate of drug-likeness (QED) is 0.896. The van der Waals surface area contributed by atoms with Crippen molar-refractivity contribution in [3.05, 3.63) is 47.2 Å². The number of imide groups is 1. The first-order valence-corrected chi connectivity index (χ1v) is 7.61. The lowest BCUT2D eigenvalue weighted by Crippen LogP contribution is -2.57. The predicted molar refractivity (Wildman–Crippen MR) is 86.3 cm³/mol. The van der Waals surface area contributed by atoms with Gasteiger partial charge in [0.15, 0.2) is 0 Å². The summed E-state index contributed by atoms with van der Waals surface area (Å²) in [5.41, 5.74) is 2.03. The smallest absolute Gasteiger partial charge is 0.330 e. The van der Waals surface area contributed by atoms with Gasteiger partial charge in [0.1, 0.15) is 0 Å². The van der Waals surface area contributed by atoms with Crippen molar-refractivity contribution in [1.82, 2.24) is 15.5 Å². The Morgan fingerprint density at radius 3 is 2.70 bits per heavy atom. The van der Waals surface area contributed by atoms with Crippen LogP contribution in [-0.4, -0.2) is 29.5 Å². The molecule has 1 heterocycles. The van der Waals surface area contributed by atoms with Crippen LogP contribution in [-0.2, 0) is 6.42 Å². The topological polar surface area (TPSA) is 85.2 Å². The van der Waals surface area contributed by atoms with Crippen LogP contribution in [0.1, 0.15) is 25.8 Å². The number of nitriles is 1. The number of urea groups is 2. The molecule has 1 atom stereocenters. The molecule has 1 aromatic carbocycles. The van der Waals surface area contributed by atoms with Crippen molar-refractivity contribution in [2.45, 2.75) is 32.7 Å².